The molecule has 1 heterocycles. The molecular formula is C12H23NO5. The molecule has 0 aliphatic carbocycles. The fraction of sp³-hybridized carbons (Fsp3) is 0.750. The van der Waals surface area contributed by atoms with Crippen molar-refractivity contribution in [3.05, 3.63) is 0 Å². The van der Waals surface area contributed by atoms with Gasteiger partial charge < -0.3 is 15.2 Å². The van der Waals surface area contributed by atoms with Crippen molar-refractivity contribution in [1.29, 1.82) is 0 Å². The summed E-state index contributed by atoms with van der Waals surface area (Å²) >= 11 is 0. The molecule has 0 aromatic carbocycles. The smallest absolute Gasteiger partial charge is 0.313 e. The number of carbonyl (C=O) groups excluding carboxylic acids is 2. The van der Waals surface area contributed by atoms with Gasteiger partial charge in [0.25, 0.3) is 5.97 Å². The number of methoxy groups -OCH3 is 1. The highest BCUT2D eigenvalue weighted by Gasteiger charge is 2.01. The molecule has 0 aromatic heterocycles. The van der Waals surface area contributed by atoms with Crippen LogP contribution in [0.25, 0.3) is 0 Å². The van der Waals surface area contributed by atoms with E-state index >= 15 is 0 Å². The fourth-order valence-corrected chi connectivity index (χ4v) is 1.08. The second-order valence-electron chi connectivity index (χ2n) is 3.78. The Labute approximate surface area is 108 Å². The fourth-order valence-electron chi connectivity index (χ4n) is 1.08. The molecule has 0 spiro atoms. The zero-order valence-corrected chi connectivity index (χ0v) is 11.3. The molecule has 0 atom stereocenters. The number of carboxylic acids is 1. The maximum atomic E-state index is 10.2. The van der Waals surface area contributed by atoms with Gasteiger partial charge in [-0.1, -0.05) is 6.42 Å². The number of piperidine rings is 1. The topological polar surface area (TPSA) is 92.7 Å². The molecule has 2 N–H and O–H groups in total. The first-order chi connectivity index (χ1) is 8.40. The Kier molecular flexibility index (Phi) is 14.3. The van der Waals surface area contributed by atoms with Crippen LogP contribution < -0.4 is 5.32 Å². The van der Waals surface area contributed by atoms with Crippen LogP contribution in [0.4, 0.5) is 0 Å². The van der Waals surface area contributed by atoms with E-state index < -0.39 is 11.9 Å². The van der Waals surface area contributed by atoms with Crippen LogP contribution in [0.5, 0.6) is 0 Å². The molecule has 106 valence electrons. The molecule has 1 aliphatic rings. The molecule has 0 radical (unpaired) electrons. The molecule has 0 bridgehead atoms. The molecule has 1 saturated heterocycles. The number of Topliss-reactive ketones (excluding diaryl/α,β-unsaturated/α-hetero) is 1. The lowest BCUT2D eigenvalue weighted by Crippen LogP contribution is -2.21. The predicted octanol–water partition coefficient (Wildman–Crippen LogP) is 0.989. The summed E-state index contributed by atoms with van der Waals surface area (Å²) in [5, 5.41) is 10.7. The van der Waals surface area contributed by atoms with Crippen molar-refractivity contribution in [2.75, 3.05) is 20.2 Å². The van der Waals surface area contributed by atoms with Gasteiger partial charge in [-0.05, 0) is 32.9 Å². The first-order valence-electron chi connectivity index (χ1n) is 5.86. The second-order valence-corrected chi connectivity index (χ2v) is 3.78. The summed E-state index contributed by atoms with van der Waals surface area (Å²) in [5.41, 5.74) is 0. The van der Waals surface area contributed by atoms with E-state index in [4.69, 9.17) is 9.90 Å². The first-order valence-corrected chi connectivity index (χ1v) is 5.86. The highest BCUT2D eigenvalue weighted by Crippen LogP contribution is 1.96. The minimum atomic E-state index is -0.833. The van der Waals surface area contributed by atoms with Crippen LogP contribution in [0, 0.1) is 0 Å². The third-order valence-corrected chi connectivity index (χ3v) is 1.83. The monoisotopic (exact) mass is 261 g/mol. The molecule has 1 aliphatic heterocycles. The normalized spacial score (nSPS) is 13.1. The summed E-state index contributed by atoms with van der Waals surface area (Å²) in [4.78, 5) is 29.3. The number of hydrogen-bond acceptors (Lipinski definition) is 5. The van der Waals surface area contributed by atoms with Gasteiger partial charge in [0, 0.05) is 6.92 Å². The minimum absolute atomic E-state index is 0.115. The number of aliphatic carboxylic acids is 1. The van der Waals surface area contributed by atoms with Crippen LogP contribution in [-0.2, 0) is 19.1 Å². The average molecular weight is 261 g/mol. The number of carboxylic acid groups (broad SMARTS) is 1. The Bertz CT molecular complexity index is 233. The van der Waals surface area contributed by atoms with Crippen molar-refractivity contribution in [2.24, 2.45) is 0 Å². The Balaban J connectivity index is 0. The molecule has 0 aromatic rings. The van der Waals surface area contributed by atoms with Crippen LogP contribution in [0.1, 0.15) is 39.5 Å². The molecule has 6 heteroatoms. The standard InChI is InChI=1S/C5H11N.C5H8O3.C2H4O2/c1-2-4-6-5-3-1;1-4(6)3-5(7)8-2;1-2(3)4/h6H,1-5H2;3H2,1-2H3;1H3,(H,3,4). The summed E-state index contributed by atoms with van der Waals surface area (Å²) < 4.78 is 4.20. The van der Waals surface area contributed by atoms with Crippen molar-refractivity contribution >= 4 is 17.7 Å². The quantitative estimate of drug-likeness (QED) is 0.569. The SMILES string of the molecule is C1CCNCC1.CC(=O)O.COC(=O)CC(C)=O. The minimum Gasteiger partial charge on any atom is -0.481 e. The van der Waals surface area contributed by atoms with E-state index in [1.165, 1.54) is 46.4 Å². The lowest BCUT2D eigenvalue weighted by molar-refractivity contribution is -0.143. The number of ether oxygens (including phenoxy) is 1. The lowest BCUT2D eigenvalue weighted by atomic mass is 10.2. The largest absolute Gasteiger partial charge is 0.481 e. The van der Waals surface area contributed by atoms with Crippen molar-refractivity contribution in [3.8, 4) is 0 Å². The van der Waals surface area contributed by atoms with Gasteiger partial charge >= 0.3 is 5.97 Å². The molecule has 1 fully saturated rings. The highest BCUT2D eigenvalue weighted by molar-refractivity contribution is 5.93. The molecule has 1 rings (SSSR count). The van der Waals surface area contributed by atoms with E-state index in [2.05, 4.69) is 10.1 Å². The number of esters is 1. The van der Waals surface area contributed by atoms with Gasteiger partial charge in [0.15, 0.2) is 0 Å². The van der Waals surface area contributed by atoms with E-state index in [0.29, 0.717) is 0 Å². The summed E-state index contributed by atoms with van der Waals surface area (Å²) in [6.07, 6.45) is 4.10. The van der Waals surface area contributed by atoms with Crippen LogP contribution in [-0.4, -0.2) is 43.0 Å². The molecule has 0 unspecified atom stereocenters. The first kappa shape index (κ1) is 18.9. The van der Waals surface area contributed by atoms with E-state index in [-0.39, 0.29) is 12.2 Å². The molecule has 0 saturated carbocycles. The van der Waals surface area contributed by atoms with Crippen molar-refractivity contribution in [3.63, 3.8) is 0 Å². The van der Waals surface area contributed by atoms with E-state index in [0.717, 1.165) is 6.92 Å². The van der Waals surface area contributed by atoms with E-state index in [9.17, 15) is 9.59 Å². The molecular weight excluding hydrogens is 238 g/mol. The van der Waals surface area contributed by atoms with Crippen LogP contribution in [0.3, 0.4) is 0 Å². The van der Waals surface area contributed by atoms with Gasteiger partial charge in [0.1, 0.15) is 12.2 Å². The number of ketones is 1. The van der Waals surface area contributed by atoms with E-state index in [1.54, 1.807) is 0 Å². The van der Waals surface area contributed by atoms with Gasteiger partial charge in [-0.15, -0.1) is 0 Å². The summed E-state index contributed by atoms with van der Waals surface area (Å²) in [5.74, 6) is -1.48. The molecule has 18 heavy (non-hydrogen) atoms. The predicted molar refractivity (Wildman–Crippen MR) is 67.3 cm³/mol. The zero-order valence-electron chi connectivity index (χ0n) is 11.3. The second kappa shape index (κ2) is 13.6. The maximum Gasteiger partial charge on any atom is 0.313 e. The van der Waals surface area contributed by atoms with Crippen LogP contribution >= 0.6 is 0 Å². The molecule has 0 amide bonds. The number of rotatable bonds is 2. The Morgan fingerprint density at radius 3 is 1.67 bits per heavy atom. The Morgan fingerprint density at radius 2 is 1.56 bits per heavy atom. The van der Waals surface area contributed by atoms with E-state index in [1.807, 2.05) is 0 Å². The Hall–Kier alpha value is -1.43. The average Bonchev–Trinajstić information content (AvgIpc) is 2.30. The maximum absolute atomic E-state index is 10.2. The highest BCUT2D eigenvalue weighted by atomic mass is 16.5. The number of hydrogen-bond donors (Lipinski definition) is 2. The third-order valence-electron chi connectivity index (χ3n) is 1.83. The Morgan fingerprint density at radius 1 is 1.11 bits per heavy atom. The molecule has 6 nitrogen and oxygen atoms in total. The van der Waals surface area contributed by atoms with Crippen LogP contribution in [0.2, 0.25) is 0 Å². The van der Waals surface area contributed by atoms with Crippen molar-refractivity contribution in [2.45, 2.75) is 39.5 Å². The summed E-state index contributed by atoms with van der Waals surface area (Å²) in [6.45, 7) is 4.93. The number of nitrogens with one attached hydrogen (secondary N) is 1. The van der Waals surface area contributed by atoms with Gasteiger partial charge in [0.05, 0.1) is 7.11 Å². The van der Waals surface area contributed by atoms with Crippen molar-refractivity contribution < 1.29 is 24.2 Å². The van der Waals surface area contributed by atoms with Gasteiger partial charge in [0.2, 0.25) is 0 Å². The number of carbonyl (C=O) groups is 3. The third kappa shape index (κ3) is 24.0. The van der Waals surface area contributed by atoms with Gasteiger partial charge in [-0.25, -0.2) is 0 Å². The van der Waals surface area contributed by atoms with Crippen molar-refractivity contribution in [1.82, 2.24) is 5.32 Å². The summed E-state index contributed by atoms with van der Waals surface area (Å²) in [6, 6.07) is 0. The summed E-state index contributed by atoms with van der Waals surface area (Å²) in [7, 11) is 1.26. The van der Waals surface area contributed by atoms with Crippen LogP contribution in [0.15, 0.2) is 0 Å². The lowest BCUT2D eigenvalue weighted by Gasteiger charge is -2.08. The van der Waals surface area contributed by atoms with Gasteiger partial charge in [-0.3, -0.25) is 14.4 Å². The van der Waals surface area contributed by atoms with Gasteiger partial charge in [-0.2, -0.15) is 0 Å². The zero-order chi connectivity index (χ0) is 14.4.